The summed E-state index contributed by atoms with van der Waals surface area (Å²) in [6.07, 6.45) is 0.0214. The third-order valence-electron chi connectivity index (χ3n) is 2.39. The first-order chi connectivity index (χ1) is 8.97. The van der Waals surface area contributed by atoms with Gasteiger partial charge in [0.25, 0.3) is 5.56 Å². The number of ether oxygens (including phenoxy) is 3. The Kier molecular flexibility index (Phi) is 4.37. The Morgan fingerprint density at radius 3 is 3.05 bits per heavy atom. The maximum Gasteiger partial charge on any atom is 0.330 e. The average molecular weight is 382 g/mol. The third kappa shape index (κ3) is 3.42. The zero-order valence-electron chi connectivity index (χ0n) is 9.92. The molecular formula is C10H11IN2O6. The van der Waals surface area contributed by atoms with Crippen molar-refractivity contribution < 1.29 is 19.0 Å². The molecule has 0 aliphatic carbocycles. The fraction of sp³-hybridized carbons (Fsp3) is 0.500. The molecular weight excluding hydrogens is 371 g/mol. The first-order valence-corrected chi connectivity index (χ1v) is 6.46. The van der Waals surface area contributed by atoms with Gasteiger partial charge in [-0.2, -0.15) is 0 Å². The number of nitrogens with zero attached hydrogens (tertiary/aromatic N) is 1. The third-order valence-corrected chi connectivity index (χ3v) is 3.16. The van der Waals surface area contributed by atoms with E-state index in [-0.39, 0.29) is 13.2 Å². The molecule has 0 saturated carbocycles. The lowest BCUT2D eigenvalue weighted by Crippen LogP contribution is -2.34. The summed E-state index contributed by atoms with van der Waals surface area (Å²) >= 11 is 1.81. The number of rotatable bonds is 3. The van der Waals surface area contributed by atoms with E-state index in [2.05, 4.69) is 4.98 Å². The summed E-state index contributed by atoms with van der Waals surface area (Å²) in [7, 11) is 0. The van der Waals surface area contributed by atoms with Gasteiger partial charge in [-0.3, -0.25) is 19.1 Å². The van der Waals surface area contributed by atoms with Crippen LogP contribution in [-0.4, -0.2) is 35.0 Å². The number of carbonyl (C=O) groups is 1. The van der Waals surface area contributed by atoms with Gasteiger partial charge in [0.2, 0.25) is 0 Å². The zero-order valence-corrected chi connectivity index (χ0v) is 12.1. The molecule has 1 fully saturated rings. The molecule has 0 spiro atoms. The van der Waals surface area contributed by atoms with Gasteiger partial charge in [-0.05, 0) is 22.6 Å². The van der Waals surface area contributed by atoms with Crippen molar-refractivity contribution in [3.8, 4) is 0 Å². The molecule has 8 nitrogen and oxygen atoms in total. The van der Waals surface area contributed by atoms with Crippen LogP contribution in [0.4, 0.5) is 0 Å². The van der Waals surface area contributed by atoms with E-state index in [1.54, 1.807) is 0 Å². The van der Waals surface area contributed by atoms with Crippen LogP contribution in [0.25, 0.3) is 0 Å². The predicted octanol–water partition coefficient (Wildman–Crippen LogP) is -0.424. The van der Waals surface area contributed by atoms with Crippen LogP contribution < -0.4 is 11.2 Å². The molecule has 0 bridgehead atoms. The Hall–Kier alpha value is -1.20. The van der Waals surface area contributed by atoms with Crippen molar-refractivity contribution >= 4 is 28.6 Å². The van der Waals surface area contributed by atoms with Gasteiger partial charge in [0, 0.05) is 13.1 Å². The van der Waals surface area contributed by atoms with Crippen LogP contribution in [0.2, 0.25) is 0 Å². The fourth-order valence-electron chi connectivity index (χ4n) is 1.54. The normalized spacial score (nSPS) is 22.4. The second kappa shape index (κ2) is 5.84. The fourth-order valence-corrected chi connectivity index (χ4v) is 1.97. The molecule has 2 rings (SSSR count). The van der Waals surface area contributed by atoms with E-state index in [0.717, 1.165) is 0 Å². The Morgan fingerprint density at radius 1 is 1.63 bits per heavy atom. The molecule has 2 atom stereocenters. The van der Waals surface area contributed by atoms with Crippen LogP contribution in [0.3, 0.4) is 0 Å². The van der Waals surface area contributed by atoms with E-state index in [9.17, 15) is 14.4 Å². The number of H-pyrrole nitrogens is 1. The number of aromatic nitrogens is 2. The molecule has 1 aliphatic heterocycles. The van der Waals surface area contributed by atoms with Gasteiger partial charge in [0.05, 0.1) is 10.2 Å². The molecule has 1 aliphatic rings. The van der Waals surface area contributed by atoms with Crippen molar-refractivity contribution in [1.82, 2.24) is 9.55 Å². The van der Waals surface area contributed by atoms with E-state index in [1.807, 2.05) is 22.6 Å². The van der Waals surface area contributed by atoms with E-state index < -0.39 is 29.7 Å². The minimum absolute atomic E-state index is 0.0406. The average Bonchev–Trinajstić information content (AvgIpc) is 2.80. The molecule has 1 saturated heterocycles. The van der Waals surface area contributed by atoms with Crippen LogP contribution in [0.1, 0.15) is 13.2 Å². The number of carbonyl (C=O) groups excluding carboxylic acids is 1. The first-order valence-electron chi connectivity index (χ1n) is 5.39. The summed E-state index contributed by atoms with van der Waals surface area (Å²) in [4.78, 5) is 35.7. The maximum atomic E-state index is 11.6. The summed E-state index contributed by atoms with van der Waals surface area (Å²) in [6, 6.07) is 0. The summed E-state index contributed by atoms with van der Waals surface area (Å²) < 4.78 is 17.0. The van der Waals surface area contributed by atoms with Gasteiger partial charge in [-0.15, -0.1) is 0 Å². The van der Waals surface area contributed by atoms with E-state index in [4.69, 9.17) is 14.2 Å². The molecule has 104 valence electrons. The second-order valence-electron chi connectivity index (χ2n) is 3.80. The van der Waals surface area contributed by atoms with Crippen LogP contribution >= 0.6 is 22.6 Å². The molecule has 0 radical (unpaired) electrons. The Balaban J connectivity index is 2.09. The highest BCUT2D eigenvalue weighted by molar-refractivity contribution is 14.1. The van der Waals surface area contributed by atoms with Gasteiger partial charge in [0.15, 0.2) is 12.5 Å². The van der Waals surface area contributed by atoms with Crippen molar-refractivity contribution in [3.63, 3.8) is 0 Å². The Bertz CT molecular complexity index is 594. The van der Waals surface area contributed by atoms with Crippen molar-refractivity contribution in [3.05, 3.63) is 30.6 Å². The molecule has 0 amide bonds. The topological polar surface area (TPSA) is 99.6 Å². The molecule has 1 aromatic rings. The number of hydrogen-bond acceptors (Lipinski definition) is 6. The summed E-state index contributed by atoms with van der Waals surface area (Å²) in [5.41, 5.74) is -1.02. The van der Waals surface area contributed by atoms with E-state index in [0.29, 0.717) is 3.57 Å². The van der Waals surface area contributed by atoms with Gasteiger partial charge in [-0.25, -0.2) is 4.79 Å². The van der Waals surface area contributed by atoms with Gasteiger partial charge < -0.3 is 14.2 Å². The lowest BCUT2D eigenvalue weighted by atomic mass is 10.5. The second-order valence-corrected chi connectivity index (χ2v) is 4.96. The number of aromatic amines is 1. The highest BCUT2D eigenvalue weighted by Gasteiger charge is 2.29. The number of nitrogens with one attached hydrogen (secondary N) is 1. The zero-order chi connectivity index (χ0) is 14.0. The Morgan fingerprint density at radius 2 is 2.37 bits per heavy atom. The van der Waals surface area contributed by atoms with Crippen LogP contribution in [0.15, 0.2) is 15.8 Å². The van der Waals surface area contributed by atoms with Crippen molar-refractivity contribution in [2.45, 2.75) is 19.4 Å². The van der Waals surface area contributed by atoms with E-state index in [1.165, 1.54) is 17.7 Å². The number of halogens is 1. The molecule has 19 heavy (non-hydrogen) atoms. The van der Waals surface area contributed by atoms with Crippen LogP contribution in [-0.2, 0) is 19.0 Å². The quantitative estimate of drug-likeness (QED) is 0.563. The summed E-state index contributed by atoms with van der Waals surface area (Å²) in [5, 5.41) is 0. The Labute approximate surface area is 120 Å². The molecule has 0 unspecified atom stereocenters. The SMILES string of the molecule is CC(=O)OC[C@H]1OC[C@@H](n2cc(I)c(=O)[nH]c2=O)O1. The van der Waals surface area contributed by atoms with Crippen molar-refractivity contribution in [2.24, 2.45) is 0 Å². The molecule has 9 heteroatoms. The highest BCUT2D eigenvalue weighted by atomic mass is 127. The molecule has 2 heterocycles. The standard InChI is InChI=1S/C10H11IN2O6/c1-5(14)17-4-8-18-3-7(19-8)13-2-6(11)9(15)12-10(13)16/h2,7-8H,3-4H2,1H3,(H,12,15,16)/t7-,8-/m0/s1. The lowest BCUT2D eigenvalue weighted by Gasteiger charge is -2.13. The van der Waals surface area contributed by atoms with Gasteiger partial charge >= 0.3 is 11.7 Å². The lowest BCUT2D eigenvalue weighted by molar-refractivity contribution is -0.156. The summed E-state index contributed by atoms with van der Waals surface area (Å²) in [5.74, 6) is -0.439. The van der Waals surface area contributed by atoms with Crippen LogP contribution in [0.5, 0.6) is 0 Å². The maximum absolute atomic E-state index is 11.6. The smallest absolute Gasteiger partial charge is 0.330 e. The molecule has 0 aromatic carbocycles. The van der Waals surface area contributed by atoms with Gasteiger partial charge in [0.1, 0.15) is 6.61 Å². The first kappa shape index (κ1) is 14.2. The van der Waals surface area contributed by atoms with E-state index >= 15 is 0 Å². The number of esters is 1. The minimum atomic E-state index is -0.717. The number of hydrogen-bond donors (Lipinski definition) is 1. The summed E-state index contributed by atoms with van der Waals surface area (Å²) in [6.45, 7) is 1.37. The van der Waals surface area contributed by atoms with Gasteiger partial charge in [-0.1, -0.05) is 0 Å². The predicted molar refractivity (Wildman–Crippen MR) is 70.5 cm³/mol. The largest absolute Gasteiger partial charge is 0.460 e. The van der Waals surface area contributed by atoms with Crippen molar-refractivity contribution in [2.75, 3.05) is 13.2 Å². The molecule has 1 N–H and O–H groups in total. The van der Waals surface area contributed by atoms with Crippen molar-refractivity contribution in [1.29, 1.82) is 0 Å². The highest BCUT2D eigenvalue weighted by Crippen LogP contribution is 2.19. The monoisotopic (exact) mass is 382 g/mol. The van der Waals surface area contributed by atoms with Crippen LogP contribution in [0, 0.1) is 3.57 Å². The minimum Gasteiger partial charge on any atom is -0.460 e. The molecule has 1 aromatic heterocycles.